The van der Waals surface area contributed by atoms with Crippen LogP contribution in [-0.2, 0) is 16.8 Å². The fraction of sp³-hybridized carbons (Fsp3) is 0.333. The fourth-order valence-electron chi connectivity index (χ4n) is 3.75. The van der Waals surface area contributed by atoms with Crippen LogP contribution in [0, 0.1) is 0 Å². The highest BCUT2D eigenvalue weighted by atomic mass is 16.5. The molecule has 2 amide bonds. The van der Waals surface area contributed by atoms with E-state index in [0.29, 0.717) is 19.7 Å². The highest BCUT2D eigenvalue weighted by Gasteiger charge is 2.44. The van der Waals surface area contributed by atoms with Gasteiger partial charge in [0, 0.05) is 18.9 Å². The van der Waals surface area contributed by atoms with E-state index in [-0.39, 0.29) is 17.3 Å². The molecule has 1 aliphatic carbocycles. The van der Waals surface area contributed by atoms with Crippen molar-refractivity contribution in [2.45, 2.75) is 18.4 Å². The third-order valence-corrected chi connectivity index (χ3v) is 4.91. The van der Waals surface area contributed by atoms with Crippen LogP contribution < -0.4 is 5.73 Å². The van der Waals surface area contributed by atoms with Gasteiger partial charge in [0.1, 0.15) is 5.60 Å². The molecule has 128 valence electrons. The van der Waals surface area contributed by atoms with E-state index >= 15 is 0 Å². The zero-order valence-corrected chi connectivity index (χ0v) is 13.6. The van der Waals surface area contributed by atoms with E-state index in [2.05, 4.69) is 22.1 Å². The molecule has 1 aromatic heterocycles. The number of hydrogen-bond donors (Lipinski definition) is 1. The summed E-state index contributed by atoms with van der Waals surface area (Å²) in [6.45, 7) is 1.31. The second kappa shape index (κ2) is 5.93. The maximum atomic E-state index is 12.9. The van der Waals surface area contributed by atoms with Crippen LogP contribution in [0.15, 0.2) is 36.7 Å². The van der Waals surface area contributed by atoms with Crippen molar-refractivity contribution in [1.29, 1.82) is 0 Å². The molecular formula is C18H18N4O3. The van der Waals surface area contributed by atoms with Crippen molar-refractivity contribution >= 4 is 11.8 Å². The Morgan fingerprint density at radius 2 is 1.92 bits per heavy atom. The summed E-state index contributed by atoms with van der Waals surface area (Å²) in [6, 6.07) is 8.17. The Bertz CT molecular complexity index is 850. The maximum Gasteiger partial charge on any atom is 0.275 e. The van der Waals surface area contributed by atoms with Gasteiger partial charge in [0.2, 0.25) is 0 Å². The largest absolute Gasteiger partial charge is 0.367 e. The normalized spacial score (nSPS) is 22.0. The number of amides is 2. The van der Waals surface area contributed by atoms with E-state index in [9.17, 15) is 9.59 Å². The summed E-state index contributed by atoms with van der Waals surface area (Å²) < 4.78 is 6.13. The third-order valence-electron chi connectivity index (χ3n) is 4.91. The smallest absolute Gasteiger partial charge is 0.275 e. The van der Waals surface area contributed by atoms with Crippen LogP contribution in [0.2, 0.25) is 0 Å². The van der Waals surface area contributed by atoms with E-state index in [4.69, 9.17) is 10.5 Å². The van der Waals surface area contributed by atoms with E-state index in [1.165, 1.54) is 18.0 Å². The molecule has 25 heavy (non-hydrogen) atoms. The molecule has 1 fully saturated rings. The highest BCUT2D eigenvalue weighted by Crippen LogP contribution is 2.42. The third kappa shape index (κ3) is 2.56. The number of fused-ring (bicyclic) bond motifs is 2. The van der Waals surface area contributed by atoms with Crippen molar-refractivity contribution in [3.8, 4) is 0 Å². The summed E-state index contributed by atoms with van der Waals surface area (Å²) in [5, 5.41) is 0. The van der Waals surface area contributed by atoms with Gasteiger partial charge in [-0.15, -0.1) is 0 Å². The van der Waals surface area contributed by atoms with Gasteiger partial charge in [-0.1, -0.05) is 24.3 Å². The Labute approximate surface area is 144 Å². The quantitative estimate of drug-likeness (QED) is 0.877. The molecule has 2 heterocycles. The second-order valence-corrected chi connectivity index (χ2v) is 6.34. The van der Waals surface area contributed by atoms with Crippen molar-refractivity contribution < 1.29 is 14.3 Å². The van der Waals surface area contributed by atoms with Crippen LogP contribution >= 0.6 is 0 Å². The van der Waals surface area contributed by atoms with Crippen LogP contribution in [0.25, 0.3) is 0 Å². The summed E-state index contributed by atoms with van der Waals surface area (Å²) in [4.78, 5) is 34.1. The lowest BCUT2D eigenvalue weighted by Crippen LogP contribution is -2.51. The molecule has 1 spiro atoms. The fourth-order valence-corrected chi connectivity index (χ4v) is 3.75. The van der Waals surface area contributed by atoms with Crippen molar-refractivity contribution in [3.63, 3.8) is 0 Å². The van der Waals surface area contributed by atoms with Gasteiger partial charge in [0.15, 0.2) is 11.4 Å². The first-order chi connectivity index (χ1) is 12.1. The molecule has 1 atom stereocenters. The van der Waals surface area contributed by atoms with Gasteiger partial charge in [-0.05, 0) is 24.0 Å². The summed E-state index contributed by atoms with van der Waals surface area (Å²) in [5.74, 6) is -1.10. The van der Waals surface area contributed by atoms with Gasteiger partial charge >= 0.3 is 0 Å². The maximum absolute atomic E-state index is 12.9. The molecule has 1 aromatic carbocycles. The number of nitrogens with zero attached hydrogens (tertiary/aromatic N) is 3. The molecule has 2 aliphatic rings. The van der Waals surface area contributed by atoms with Gasteiger partial charge in [-0.3, -0.25) is 9.59 Å². The minimum Gasteiger partial charge on any atom is -0.367 e. The van der Waals surface area contributed by atoms with E-state index in [1.807, 2.05) is 12.1 Å². The Kier molecular flexibility index (Phi) is 3.73. The topological polar surface area (TPSA) is 98.4 Å². The Hall–Kier alpha value is -2.80. The molecule has 1 aliphatic heterocycles. The minimum atomic E-state index is -0.759. The number of hydrogen-bond acceptors (Lipinski definition) is 5. The summed E-state index contributed by atoms with van der Waals surface area (Å²) in [6.07, 6.45) is 4.50. The van der Waals surface area contributed by atoms with Crippen molar-refractivity contribution in [2.75, 3.05) is 19.7 Å². The second-order valence-electron chi connectivity index (χ2n) is 6.34. The number of morpholine rings is 1. The van der Waals surface area contributed by atoms with E-state index < -0.39 is 11.5 Å². The van der Waals surface area contributed by atoms with Crippen LogP contribution in [0.1, 0.15) is 38.5 Å². The van der Waals surface area contributed by atoms with E-state index in [1.54, 1.807) is 4.90 Å². The number of nitrogens with two attached hydrogens (primary N) is 1. The average molecular weight is 338 g/mol. The summed E-state index contributed by atoms with van der Waals surface area (Å²) in [5.41, 5.74) is 7.14. The number of primary amides is 1. The van der Waals surface area contributed by atoms with Gasteiger partial charge < -0.3 is 15.4 Å². The minimum absolute atomic E-state index is 0.00154. The monoisotopic (exact) mass is 338 g/mol. The number of aryl methyl sites for hydroxylation is 1. The van der Waals surface area contributed by atoms with E-state index in [0.717, 1.165) is 18.4 Å². The molecule has 2 aromatic rings. The van der Waals surface area contributed by atoms with Gasteiger partial charge in [-0.25, -0.2) is 9.97 Å². The van der Waals surface area contributed by atoms with Gasteiger partial charge in [0.05, 0.1) is 13.2 Å². The van der Waals surface area contributed by atoms with Crippen molar-refractivity contribution in [1.82, 2.24) is 14.9 Å². The molecule has 0 saturated carbocycles. The molecular weight excluding hydrogens is 320 g/mol. The van der Waals surface area contributed by atoms with Gasteiger partial charge in [-0.2, -0.15) is 0 Å². The molecule has 1 saturated heterocycles. The lowest BCUT2D eigenvalue weighted by molar-refractivity contribution is -0.104. The van der Waals surface area contributed by atoms with Crippen molar-refractivity contribution in [2.24, 2.45) is 5.73 Å². The zero-order valence-electron chi connectivity index (χ0n) is 13.6. The first-order valence-electron chi connectivity index (χ1n) is 8.23. The number of rotatable bonds is 2. The standard InChI is InChI=1S/C18H18N4O3/c19-16(23)14-15(21-8-7-20-14)17(24)22-9-10-25-18(11-22)6-5-12-3-1-2-4-13(12)18/h1-4,7-8H,5-6,9-11H2,(H2,19,23). The average Bonchev–Trinajstić information content (AvgIpc) is 2.99. The number of carbonyl (C=O) groups is 2. The predicted octanol–water partition coefficient (Wildman–Crippen LogP) is 0.890. The first kappa shape index (κ1) is 15.7. The summed E-state index contributed by atoms with van der Waals surface area (Å²) >= 11 is 0. The molecule has 4 rings (SSSR count). The zero-order chi connectivity index (χ0) is 17.4. The lowest BCUT2D eigenvalue weighted by Gasteiger charge is -2.41. The molecule has 0 bridgehead atoms. The Morgan fingerprint density at radius 1 is 1.16 bits per heavy atom. The number of benzene rings is 1. The lowest BCUT2D eigenvalue weighted by atomic mass is 9.93. The number of ether oxygens (including phenoxy) is 1. The first-order valence-corrected chi connectivity index (χ1v) is 8.23. The molecule has 7 heteroatoms. The molecule has 7 nitrogen and oxygen atoms in total. The molecule has 2 N–H and O–H groups in total. The number of aromatic nitrogens is 2. The highest BCUT2D eigenvalue weighted by molar-refractivity contribution is 6.04. The Balaban J connectivity index is 1.65. The van der Waals surface area contributed by atoms with Crippen LogP contribution in [0.5, 0.6) is 0 Å². The van der Waals surface area contributed by atoms with Crippen LogP contribution in [-0.4, -0.2) is 46.4 Å². The Morgan fingerprint density at radius 3 is 2.72 bits per heavy atom. The van der Waals surface area contributed by atoms with Gasteiger partial charge in [0.25, 0.3) is 11.8 Å². The summed E-state index contributed by atoms with van der Waals surface area (Å²) in [7, 11) is 0. The molecule has 0 radical (unpaired) electrons. The molecule has 1 unspecified atom stereocenters. The van der Waals surface area contributed by atoms with Crippen LogP contribution in [0.4, 0.5) is 0 Å². The van der Waals surface area contributed by atoms with Crippen LogP contribution in [0.3, 0.4) is 0 Å². The number of carbonyl (C=O) groups excluding carboxylic acids is 2. The SMILES string of the molecule is NC(=O)c1nccnc1C(=O)N1CCOC2(CCc3ccccc32)C1. The predicted molar refractivity (Wildman–Crippen MR) is 88.8 cm³/mol. The van der Waals surface area contributed by atoms with Crippen molar-refractivity contribution in [3.05, 3.63) is 59.2 Å².